The lowest BCUT2D eigenvalue weighted by molar-refractivity contribution is -0.133. The third-order valence-electron chi connectivity index (χ3n) is 0.954. The molecule has 11 heavy (non-hydrogen) atoms. The van der Waals surface area contributed by atoms with E-state index in [4.69, 9.17) is 11.1 Å². The molecule has 0 amide bonds. The van der Waals surface area contributed by atoms with E-state index in [2.05, 4.69) is 4.18 Å². The summed E-state index contributed by atoms with van der Waals surface area (Å²) < 4.78 is 4.55. The SMILES string of the molecule is CSOC(=O)CN(C)C(=N)N. The highest BCUT2D eigenvalue weighted by atomic mass is 32.2. The van der Waals surface area contributed by atoms with Gasteiger partial charge in [0.15, 0.2) is 5.96 Å². The molecule has 0 aromatic carbocycles. The molecule has 0 radical (unpaired) electrons. The second-order valence-corrected chi connectivity index (χ2v) is 2.36. The quantitative estimate of drug-likeness (QED) is 0.349. The number of likely N-dealkylation sites (N-methyl/N-ethyl adjacent to an activating group) is 1. The molecule has 0 fully saturated rings. The number of carbonyl (C=O) groups excluding carboxylic acids is 1. The van der Waals surface area contributed by atoms with Gasteiger partial charge in [0.25, 0.3) is 0 Å². The van der Waals surface area contributed by atoms with Crippen LogP contribution in [-0.2, 0) is 8.98 Å². The fraction of sp³-hybridized carbons (Fsp3) is 0.600. The largest absolute Gasteiger partial charge is 0.390 e. The van der Waals surface area contributed by atoms with Crippen LogP contribution < -0.4 is 5.73 Å². The molecule has 0 rings (SSSR count). The molecule has 0 saturated carbocycles. The Morgan fingerprint density at radius 2 is 2.36 bits per heavy atom. The zero-order valence-corrected chi connectivity index (χ0v) is 7.27. The summed E-state index contributed by atoms with van der Waals surface area (Å²) in [5, 5.41) is 6.91. The van der Waals surface area contributed by atoms with Gasteiger partial charge in [-0.3, -0.25) is 5.41 Å². The standard InChI is InChI=1S/C5H11N3O2S/c1-8(5(6)7)3-4(9)10-11-2/h3H2,1-2H3,(H3,6,7). The van der Waals surface area contributed by atoms with Gasteiger partial charge in [-0.1, -0.05) is 0 Å². The van der Waals surface area contributed by atoms with Crippen molar-refractivity contribution in [3.63, 3.8) is 0 Å². The number of nitrogens with two attached hydrogens (primary N) is 1. The van der Waals surface area contributed by atoms with Gasteiger partial charge in [-0.05, 0) is 0 Å². The summed E-state index contributed by atoms with van der Waals surface area (Å²) in [5.74, 6) is -0.557. The average Bonchev–Trinajstić information content (AvgIpc) is 1.87. The minimum absolute atomic E-state index is 0.0101. The molecule has 0 bridgehead atoms. The zero-order chi connectivity index (χ0) is 8.85. The molecule has 3 N–H and O–H groups in total. The van der Waals surface area contributed by atoms with Crippen molar-refractivity contribution in [2.45, 2.75) is 0 Å². The van der Waals surface area contributed by atoms with Crippen LogP contribution in [0, 0.1) is 5.41 Å². The Hall–Kier alpha value is -0.910. The van der Waals surface area contributed by atoms with Crippen LogP contribution in [0.15, 0.2) is 0 Å². The van der Waals surface area contributed by atoms with Gasteiger partial charge < -0.3 is 14.8 Å². The van der Waals surface area contributed by atoms with Crippen molar-refractivity contribution in [3.05, 3.63) is 0 Å². The Morgan fingerprint density at radius 3 is 2.73 bits per heavy atom. The molecular formula is C5H11N3O2S. The highest BCUT2D eigenvalue weighted by molar-refractivity contribution is 7.94. The number of guanidine groups is 1. The summed E-state index contributed by atoms with van der Waals surface area (Å²) in [6.45, 7) is 0.0101. The summed E-state index contributed by atoms with van der Waals surface area (Å²) in [6.07, 6.45) is 1.64. The molecule has 0 saturated heterocycles. The lowest BCUT2D eigenvalue weighted by atomic mass is 10.6. The average molecular weight is 177 g/mol. The summed E-state index contributed by atoms with van der Waals surface area (Å²) in [6, 6.07) is 0. The van der Waals surface area contributed by atoms with Gasteiger partial charge in [0.2, 0.25) is 0 Å². The lowest BCUT2D eigenvalue weighted by Crippen LogP contribution is -2.36. The second-order valence-electron chi connectivity index (χ2n) is 1.86. The van der Waals surface area contributed by atoms with Crippen LogP contribution in [0.4, 0.5) is 0 Å². The molecule has 0 aliphatic heterocycles. The minimum atomic E-state index is -0.407. The van der Waals surface area contributed by atoms with Gasteiger partial charge in [-0.2, -0.15) is 0 Å². The first-order chi connectivity index (χ1) is 5.07. The predicted molar refractivity (Wildman–Crippen MR) is 44.2 cm³/mol. The van der Waals surface area contributed by atoms with Crippen molar-refractivity contribution in [2.24, 2.45) is 5.73 Å². The Morgan fingerprint density at radius 1 is 1.82 bits per heavy atom. The van der Waals surface area contributed by atoms with Gasteiger partial charge in [0.1, 0.15) is 6.54 Å². The molecule has 0 aromatic rings. The van der Waals surface area contributed by atoms with Crippen LogP contribution in [0.25, 0.3) is 0 Å². The molecule has 0 spiro atoms. The molecule has 6 heteroatoms. The summed E-state index contributed by atoms with van der Waals surface area (Å²) in [4.78, 5) is 12.0. The summed E-state index contributed by atoms with van der Waals surface area (Å²) >= 11 is 0.976. The van der Waals surface area contributed by atoms with Crippen LogP contribution in [0.1, 0.15) is 0 Å². The first-order valence-electron chi connectivity index (χ1n) is 2.86. The van der Waals surface area contributed by atoms with Crippen LogP contribution in [0.3, 0.4) is 0 Å². The van der Waals surface area contributed by atoms with Crippen molar-refractivity contribution in [1.82, 2.24) is 4.90 Å². The van der Waals surface area contributed by atoms with E-state index in [1.54, 1.807) is 13.3 Å². The van der Waals surface area contributed by atoms with Crippen molar-refractivity contribution < 1.29 is 8.98 Å². The second kappa shape index (κ2) is 4.84. The fourth-order valence-electron chi connectivity index (χ4n) is 0.398. The van der Waals surface area contributed by atoms with E-state index < -0.39 is 5.97 Å². The Labute approximate surface area is 69.6 Å². The number of nitrogens with zero attached hydrogens (tertiary/aromatic N) is 1. The van der Waals surface area contributed by atoms with Crippen molar-refractivity contribution >= 4 is 24.0 Å². The predicted octanol–water partition coefficient (Wildman–Crippen LogP) is -0.367. The number of carbonyl (C=O) groups is 1. The molecule has 0 aliphatic carbocycles. The maximum Gasteiger partial charge on any atom is 0.337 e. The Balaban J connectivity index is 3.66. The smallest absolute Gasteiger partial charge is 0.337 e. The maximum absolute atomic E-state index is 10.7. The molecule has 0 heterocycles. The monoisotopic (exact) mass is 177 g/mol. The maximum atomic E-state index is 10.7. The van der Waals surface area contributed by atoms with E-state index >= 15 is 0 Å². The van der Waals surface area contributed by atoms with E-state index in [-0.39, 0.29) is 12.5 Å². The minimum Gasteiger partial charge on any atom is -0.390 e. The molecule has 64 valence electrons. The molecule has 0 aromatic heterocycles. The highest BCUT2D eigenvalue weighted by Crippen LogP contribution is 1.95. The highest BCUT2D eigenvalue weighted by Gasteiger charge is 2.07. The van der Waals surface area contributed by atoms with Gasteiger partial charge in [0.05, 0.1) is 12.0 Å². The van der Waals surface area contributed by atoms with Crippen LogP contribution in [0.5, 0.6) is 0 Å². The normalized spacial score (nSPS) is 8.91. The zero-order valence-electron chi connectivity index (χ0n) is 6.46. The Bertz CT molecular complexity index is 162. The van der Waals surface area contributed by atoms with E-state index in [0.717, 1.165) is 12.0 Å². The van der Waals surface area contributed by atoms with E-state index in [9.17, 15) is 4.79 Å². The van der Waals surface area contributed by atoms with Crippen molar-refractivity contribution in [3.8, 4) is 0 Å². The van der Waals surface area contributed by atoms with Crippen molar-refractivity contribution in [2.75, 3.05) is 19.8 Å². The molecule has 0 unspecified atom stereocenters. The van der Waals surface area contributed by atoms with Crippen LogP contribution in [0.2, 0.25) is 0 Å². The number of rotatable bonds is 3. The van der Waals surface area contributed by atoms with E-state index in [1.807, 2.05) is 0 Å². The number of nitrogens with one attached hydrogen (secondary N) is 1. The van der Waals surface area contributed by atoms with Crippen LogP contribution >= 0.6 is 12.0 Å². The van der Waals surface area contributed by atoms with E-state index in [0.29, 0.717) is 0 Å². The summed E-state index contributed by atoms with van der Waals surface area (Å²) in [5.41, 5.74) is 5.08. The van der Waals surface area contributed by atoms with E-state index in [1.165, 1.54) is 4.90 Å². The molecule has 5 nitrogen and oxygen atoms in total. The lowest BCUT2D eigenvalue weighted by Gasteiger charge is -2.13. The van der Waals surface area contributed by atoms with Gasteiger partial charge in [0, 0.05) is 13.3 Å². The van der Waals surface area contributed by atoms with Gasteiger partial charge in [-0.15, -0.1) is 0 Å². The summed E-state index contributed by atoms with van der Waals surface area (Å²) in [7, 11) is 1.55. The first-order valence-corrected chi connectivity index (χ1v) is 4.01. The van der Waals surface area contributed by atoms with Crippen molar-refractivity contribution in [1.29, 1.82) is 5.41 Å². The Kier molecular flexibility index (Phi) is 4.44. The number of hydrogen-bond acceptors (Lipinski definition) is 4. The molecule has 0 aliphatic rings. The van der Waals surface area contributed by atoms with Crippen LogP contribution in [-0.4, -0.2) is 36.7 Å². The topological polar surface area (TPSA) is 79.4 Å². The third kappa shape index (κ3) is 4.49. The molecule has 0 atom stereocenters. The fourth-order valence-corrected chi connectivity index (χ4v) is 0.637. The van der Waals surface area contributed by atoms with Gasteiger partial charge >= 0.3 is 5.97 Å². The first kappa shape index (κ1) is 10.1. The third-order valence-corrected chi connectivity index (χ3v) is 1.31. The number of hydrogen-bond donors (Lipinski definition) is 2. The van der Waals surface area contributed by atoms with Gasteiger partial charge in [-0.25, -0.2) is 4.79 Å². The molecular weight excluding hydrogens is 166 g/mol.